The van der Waals surface area contributed by atoms with Crippen LogP contribution in [0.15, 0.2) is 30.3 Å². The smallest absolute Gasteiger partial charge is 0.194 e. The van der Waals surface area contributed by atoms with Gasteiger partial charge in [-0.1, -0.05) is 11.6 Å². The molecule has 0 saturated heterocycles. The highest BCUT2D eigenvalue weighted by atomic mass is 35.5. The van der Waals surface area contributed by atoms with Crippen LogP contribution < -0.4 is 5.32 Å². The molecule has 0 aliphatic heterocycles. The molecule has 0 heterocycles. The molecule has 19 heavy (non-hydrogen) atoms. The third-order valence-corrected chi connectivity index (χ3v) is 2.79. The van der Waals surface area contributed by atoms with Crippen LogP contribution >= 0.6 is 11.6 Å². The van der Waals surface area contributed by atoms with Crippen molar-refractivity contribution in [2.45, 2.75) is 6.54 Å². The quantitative estimate of drug-likeness (QED) is 0.659. The number of nitrogens with one attached hydrogen (secondary N) is 1. The summed E-state index contributed by atoms with van der Waals surface area (Å²) in [7, 11) is 0. The molecule has 0 aromatic heterocycles. The van der Waals surface area contributed by atoms with Gasteiger partial charge in [0.05, 0.1) is 5.02 Å². The lowest BCUT2D eigenvalue weighted by molar-refractivity contribution is 0.445. The summed E-state index contributed by atoms with van der Waals surface area (Å²) in [4.78, 5) is 0. The van der Waals surface area contributed by atoms with Gasteiger partial charge in [-0.15, -0.1) is 0 Å². The third kappa shape index (κ3) is 3.12. The number of rotatable bonds is 3. The molecule has 0 amide bonds. The monoisotopic (exact) mass is 287 g/mol. The predicted octanol–water partition coefficient (Wildman–Crippen LogP) is 4.08. The van der Waals surface area contributed by atoms with Crippen molar-refractivity contribution in [1.82, 2.24) is 0 Å². The maximum atomic E-state index is 13.0. The maximum Gasteiger partial charge on any atom is 0.194 e. The first kappa shape index (κ1) is 13.5. The van der Waals surface area contributed by atoms with Crippen molar-refractivity contribution >= 4 is 17.3 Å². The number of phenols is 1. The van der Waals surface area contributed by atoms with E-state index in [1.54, 1.807) is 6.07 Å². The molecule has 2 aromatic carbocycles. The molecular weight excluding hydrogens is 279 g/mol. The summed E-state index contributed by atoms with van der Waals surface area (Å²) in [5.41, 5.74) is 0.813. The zero-order valence-corrected chi connectivity index (χ0v) is 10.3. The van der Waals surface area contributed by atoms with Crippen molar-refractivity contribution in [3.8, 4) is 5.75 Å². The Bertz CT molecular complexity index is 596. The van der Waals surface area contributed by atoms with Gasteiger partial charge < -0.3 is 10.4 Å². The zero-order valence-electron chi connectivity index (χ0n) is 9.55. The summed E-state index contributed by atoms with van der Waals surface area (Å²) in [6.45, 7) is 0.0925. The molecule has 2 aromatic rings. The molecule has 0 spiro atoms. The highest BCUT2D eigenvalue weighted by molar-refractivity contribution is 6.32. The molecule has 2 N–H and O–H groups in total. The van der Waals surface area contributed by atoms with Gasteiger partial charge in [-0.05, 0) is 35.9 Å². The molecule has 0 saturated carbocycles. The molecule has 0 atom stereocenters. The largest absolute Gasteiger partial charge is 0.506 e. The fourth-order valence-electron chi connectivity index (χ4n) is 1.53. The van der Waals surface area contributed by atoms with Crippen LogP contribution in [0.25, 0.3) is 0 Å². The van der Waals surface area contributed by atoms with Crippen molar-refractivity contribution in [3.05, 3.63) is 58.4 Å². The van der Waals surface area contributed by atoms with Gasteiger partial charge in [0.25, 0.3) is 0 Å². The average Bonchev–Trinajstić information content (AvgIpc) is 2.37. The molecule has 0 aliphatic rings. The van der Waals surface area contributed by atoms with Crippen LogP contribution in [-0.4, -0.2) is 5.11 Å². The first-order valence-corrected chi connectivity index (χ1v) is 5.71. The summed E-state index contributed by atoms with van der Waals surface area (Å²) in [6.07, 6.45) is 0. The Morgan fingerprint density at radius 3 is 2.26 bits per heavy atom. The van der Waals surface area contributed by atoms with Gasteiger partial charge in [0.2, 0.25) is 0 Å². The van der Waals surface area contributed by atoms with Crippen molar-refractivity contribution in [1.29, 1.82) is 0 Å². The molecule has 0 fully saturated rings. The average molecular weight is 288 g/mol. The molecule has 100 valence electrons. The SMILES string of the molecule is Oc1ccc(NCc2cc(F)c(F)c(F)c2)cc1Cl. The molecule has 6 heteroatoms. The molecule has 0 bridgehead atoms. The van der Waals surface area contributed by atoms with Crippen LogP contribution in [0.4, 0.5) is 18.9 Å². The Kier molecular flexibility index (Phi) is 3.85. The molecule has 2 rings (SSSR count). The zero-order chi connectivity index (χ0) is 14.0. The van der Waals surface area contributed by atoms with Gasteiger partial charge in [0, 0.05) is 12.2 Å². The lowest BCUT2D eigenvalue weighted by Crippen LogP contribution is -2.02. The number of phenolic OH excluding ortho intramolecular Hbond substituents is 1. The van der Waals surface area contributed by atoms with Crippen LogP contribution in [0.2, 0.25) is 5.02 Å². The lowest BCUT2D eigenvalue weighted by atomic mass is 10.2. The maximum absolute atomic E-state index is 13.0. The normalized spacial score (nSPS) is 10.5. The second-order valence-corrected chi connectivity index (χ2v) is 4.30. The number of aromatic hydroxyl groups is 1. The Morgan fingerprint density at radius 1 is 1.05 bits per heavy atom. The van der Waals surface area contributed by atoms with Gasteiger partial charge in [-0.2, -0.15) is 0 Å². The summed E-state index contributed by atoms with van der Waals surface area (Å²) in [5, 5.41) is 12.2. The summed E-state index contributed by atoms with van der Waals surface area (Å²) in [5.74, 6) is -4.02. The predicted molar refractivity (Wildman–Crippen MR) is 66.8 cm³/mol. The van der Waals surface area contributed by atoms with Gasteiger partial charge in [-0.3, -0.25) is 0 Å². The summed E-state index contributed by atoms with van der Waals surface area (Å²) < 4.78 is 38.7. The van der Waals surface area contributed by atoms with Crippen molar-refractivity contribution in [2.75, 3.05) is 5.32 Å². The van der Waals surface area contributed by atoms with Crippen LogP contribution in [0, 0.1) is 17.5 Å². The van der Waals surface area contributed by atoms with Gasteiger partial charge >= 0.3 is 0 Å². The van der Waals surface area contributed by atoms with E-state index in [2.05, 4.69) is 5.32 Å². The van der Waals surface area contributed by atoms with Crippen LogP contribution in [0.1, 0.15) is 5.56 Å². The minimum atomic E-state index is -1.49. The Hall–Kier alpha value is -1.88. The number of anilines is 1. The number of hydrogen-bond donors (Lipinski definition) is 2. The molecule has 0 aliphatic carbocycles. The summed E-state index contributed by atoms with van der Waals surface area (Å²) >= 11 is 5.71. The lowest BCUT2D eigenvalue weighted by Gasteiger charge is -2.08. The van der Waals surface area contributed by atoms with E-state index in [-0.39, 0.29) is 22.9 Å². The summed E-state index contributed by atoms with van der Waals surface area (Å²) in [6, 6.07) is 6.22. The first-order chi connectivity index (χ1) is 8.97. The fraction of sp³-hybridized carbons (Fsp3) is 0.0769. The third-order valence-electron chi connectivity index (χ3n) is 2.49. The highest BCUT2D eigenvalue weighted by Gasteiger charge is 2.10. The van der Waals surface area contributed by atoms with Crippen molar-refractivity contribution < 1.29 is 18.3 Å². The molecule has 0 radical (unpaired) electrons. The van der Waals surface area contributed by atoms with Crippen molar-refractivity contribution in [3.63, 3.8) is 0 Å². The van der Waals surface area contributed by atoms with Crippen LogP contribution in [0.5, 0.6) is 5.75 Å². The van der Waals surface area contributed by atoms with E-state index in [0.717, 1.165) is 12.1 Å². The fourth-order valence-corrected chi connectivity index (χ4v) is 1.71. The van der Waals surface area contributed by atoms with Gasteiger partial charge in [0.1, 0.15) is 5.75 Å². The van der Waals surface area contributed by atoms with Crippen molar-refractivity contribution in [2.24, 2.45) is 0 Å². The Morgan fingerprint density at radius 2 is 1.68 bits per heavy atom. The second kappa shape index (κ2) is 5.40. The van der Waals surface area contributed by atoms with E-state index in [1.807, 2.05) is 0 Å². The van der Waals surface area contributed by atoms with Gasteiger partial charge in [-0.25, -0.2) is 13.2 Å². The number of hydrogen-bond acceptors (Lipinski definition) is 2. The van der Waals surface area contributed by atoms with Crippen LogP contribution in [-0.2, 0) is 6.54 Å². The van der Waals surface area contributed by atoms with E-state index < -0.39 is 17.5 Å². The first-order valence-electron chi connectivity index (χ1n) is 5.33. The standard InChI is InChI=1S/C13H9ClF3NO/c14-9-5-8(1-2-12(9)19)18-6-7-3-10(15)13(17)11(16)4-7/h1-5,18-19H,6H2. The minimum absolute atomic E-state index is 0.0638. The van der Waals surface area contributed by atoms with Crippen LogP contribution in [0.3, 0.4) is 0 Å². The van der Waals surface area contributed by atoms with E-state index in [1.165, 1.54) is 12.1 Å². The van der Waals surface area contributed by atoms with Gasteiger partial charge in [0.15, 0.2) is 17.5 Å². The molecule has 0 unspecified atom stereocenters. The Labute approximate surface area is 112 Å². The second-order valence-electron chi connectivity index (χ2n) is 3.89. The van der Waals surface area contributed by atoms with E-state index in [4.69, 9.17) is 11.6 Å². The van der Waals surface area contributed by atoms with E-state index >= 15 is 0 Å². The molecule has 2 nitrogen and oxygen atoms in total. The minimum Gasteiger partial charge on any atom is -0.506 e. The number of halogens is 4. The highest BCUT2D eigenvalue weighted by Crippen LogP contribution is 2.26. The Balaban J connectivity index is 2.12. The van der Waals surface area contributed by atoms with E-state index in [9.17, 15) is 18.3 Å². The topological polar surface area (TPSA) is 32.3 Å². The number of benzene rings is 2. The molecular formula is C13H9ClF3NO. The van der Waals surface area contributed by atoms with E-state index in [0.29, 0.717) is 5.69 Å².